The van der Waals surface area contributed by atoms with Gasteiger partial charge in [-0.2, -0.15) is 0 Å². The molecule has 2 aliphatic rings. The molecule has 2 fully saturated rings. The summed E-state index contributed by atoms with van der Waals surface area (Å²) in [6, 6.07) is 0. The van der Waals surface area contributed by atoms with Gasteiger partial charge < -0.3 is 28.4 Å². The van der Waals surface area contributed by atoms with Gasteiger partial charge in [0.25, 0.3) is 0 Å². The number of fused-ring (bicyclic) bond motifs is 1. The Morgan fingerprint density at radius 1 is 1.26 bits per heavy atom. The van der Waals surface area contributed by atoms with Crippen molar-refractivity contribution >= 4 is 18.3 Å². The fourth-order valence-corrected chi connectivity index (χ4v) is 1.81. The van der Waals surface area contributed by atoms with Crippen LogP contribution in [0.1, 0.15) is 6.92 Å². The van der Waals surface area contributed by atoms with Crippen LogP contribution in [0.15, 0.2) is 0 Å². The first-order valence-corrected chi connectivity index (χ1v) is 5.42. The molecule has 0 saturated carbocycles. The highest BCUT2D eigenvalue weighted by Crippen LogP contribution is 2.32. The maximum atomic E-state index is 11.1. The van der Waals surface area contributed by atoms with E-state index in [-0.39, 0.29) is 6.61 Å². The summed E-state index contributed by atoms with van der Waals surface area (Å²) in [4.78, 5) is 32.8. The topological polar surface area (TPSA) is 107 Å². The highest BCUT2D eigenvalue weighted by atomic mass is 16.8. The van der Waals surface area contributed by atoms with Crippen molar-refractivity contribution in [3.8, 4) is 0 Å². The molecule has 9 heteroatoms. The van der Waals surface area contributed by atoms with Gasteiger partial charge >= 0.3 is 18.3 Å². The van der Waals surface area contributed by atoms with Crippen LogP contribution in [0.3, 0.4) is 0 Å². The molecule has 0 spiro atoms. The van der Waals surface area contributed by atoms with E-state index in [2.05, 4.69) is 4.74 Å². The van der Waals surface area contributed by atoms with Crippen LogP contribution < -0.4 is 0 Å². The monoisotopic (exact) mass is 276 g/mol. The Labute approximate surface area is 107 Å². The Morgan fingerprint density at radius 2 is 1.95 bits per heavy atom. The number of hydrogen-bond acceptors (Lipinski definition) is 9. The number of methoxy groups -OCH3 is 1. The SMILES string of the molecule is COC(=O)OC[C@@H]1O[C@H](OC(C)=O)[C@@H]2OC(=O)O[C@@H]21. The van der Waals surface area contributed by atoms with Gasteiger partial charge in [-0.15, -0.1) is 0 Å². The fourth-order valence-electron chi connectivity index (χ4n) is 1.81. The lowest BCUT2D eigenvalue weighted by atomic mass is 10.1. The van der Waals surface area contributed by atoms with Crippen molar-refractivity contribution in [2.45, 2.75) is 31.5 Å². The molecule has 106 valence electrons. The molecule has 0 amide bonds. The van der Waals surface area contributed by atoms with Crippen LogP contribution in [-0.4, -0.2) is 56.6 Å². The van der Waals surface area contributed by atoms with Crippen LogP contribution in [0.25, 0.3) is 0 Å². The summed E-state index contributed by atoms with van der Waals surface area (Å²) in [5.41, 5.74) is 0. The summed E-state index contributed by atoms with van der Waals surface area (Å²) in [6.45, 7) is 0.969. The maximum absolute atomic E-state index is 11.1. The Bertz CT molecular complexity index is 392. The molecule has 0 bridgehead atoms. The van der Waals surface area contributed by atoms with Crippen molar-refractivity contribution in [2.75, 3.05) is 13.7 Å². The lowest BCUT2D eigenvalue weighted by molar-refractivity contribution is -0.189. The first kappa shape index (κ1) is 13.4. The van der Waals surface area contributed by atoms with E-state index < -0.39 is 42.9 Å². The largest absolute Gasteiger partial charge is 0.509 e. The standard InChI is InChI=1S/C10H12O9/c1-4(11)16-8-7-6(18-10(13)19-7)5(17-8)3-15-9(12)14-2/h5-8H,3H2,1-2H3/t5-,6+,7+,8-/m0/s1. The molecule has 2 rings (SSSR count). The van der Waals surface area contributed by atoms with Crippen molar-refractivity contribution in [2.24, 2.45) is 0 Å². The summed E-state index contributed by atoms with van der Waals surface area (Å²) in [5.74, 6) is -0.596. The first-order valence-electron chi connectivity index (χ1n) is 5.42. The zero-order valence-corrected chi connectivity index (χ0v) is 10.2. The van der Waals surface area contributed by atoms with Gasteiger partial charge in [-0.3, -0.25) is 4.79 Å². The molecule has 4 atom stereocenters. The van der Waals surface area contributed by atoms with Gasteiger partial charge in [0, 0.05) is 6.92 Å². The third-order valence-electron chi connectivity index (χ3n) is 2.55. The maximum Gasteiger partial charge on any atom is 0.509 e. The van der Waals surface area contributed by atoms with Crippen molar-refractivity contribution in [1.82, 2.24) is 0 Å². The van der Waals surface area contributed by atoms with Crippen LogP contribution in [0.5, 0.6) is 0 Å². The quantitative estimate of drug-likeness (QED) is 0.518. The second-order valence-corrected chi connectivity index (χ2v) is 3.83. The summed E-state index contributed by atoms with van der Waals surface area (Å²) < 4.78 is 28.8. The molecule has 0 N–H and O–H groups in total. The molecule has 19 heavy (non-hydrogen) atoms. The fraction of sp³-hybridized carbons (Fsp3) is 0.700. The van der Waals surface area contributed by atoms with E-state index in [0.29, 0.717) is 0 Å². The summed E-state index contributed by atoms with van der Waals surface area (Å²) in [6.07, 6.45) is -5.34. The van der Waals surface area contributed by atoms with E-state index in [9.17, 15) is 14.4 Å². The van der Waals surface area contributed by atoms with Gasteiger partial charge in [0.15, 0.2) is 6.10 Å². The average molecular weight is 276 g/mol. The molecule has 2 saturated heterocycles. The predicted octanol–water partition coefficient (Wildman–Crippen LogP) is -0.0386. The molecular formula is C10H12O9. The summed E-state index contributed by atoms with van der Waals surface area (Å²) in [7, 11) is 1.15. The van der Waals surface area contributed by atoms with E-state index in [1.54, 1.807) is 0 Å². The van der Waals surface area contributed by atoms with E-state index >= 15 is 0 Å². The van der Waals surface area contributed by atoms with Crippen molar-refractivity contribution in [3.63, 3.8) is 0 Å². The van der Waals surface area contributed by atoms with Crippen LogP contribution in [0, 0.1) is 0 Å². The lowest BCUT2D eigenvalue weighted by Gasteiger charge is -2.15. The van der Waals surface area contributed by atoms with Gasteiger partial charge in [0.2, 0.25) is 12.4 Å². The highest BCUT2D eigenvalue weighted by Gasteiger charge is 2.56. The average Bonchev–Trinajstić information content (AvgIpc) is 2.85. The summed E-state index contributed by atoms with van der Waals surface area (Å²) in [5, 5.41) is 0. The van der Waals surface area contributed by atoms with E-state index in [0.717, 1.165) is 7.11 Å². The Kier molecular flexibility index (Phi) is 3.74. The van der Waals surface area contributed by atoms with E-state index in [1.165, 1.54) is 6.92 Å². The van der Waals surface area contributed by atoms with Crippen LogP contribution in [0.2, 0.25) is 0 Å². The number of carbonyl (C=O) groups is 3. The second kappa shape index (κ2) is 5.31. The molecule has 2 aliphatic heterocycles. The van der Waals surface area contributed by atoms with Gasteiger partial charge in [-0.1, -0.05) is 0 Å². The van der Waals surface area contributed by atoms with Crippen LogP contribution >= 0.6 is 0 Å². The number of esters is 1. The third kappa shape index (κ3) is 2.87. The second-order valence-electron chi connectivity index (χ2n) is 3.83. The van der Waals surface area contributed by atoms with Gasteiger partial charge in [0.05, 0.1) is 7.11 Å². The zero-order valence-electron chi connectivity index (χ0n) is 10.2. The zero-order chi connectivity index (χ0) is 14.0. The molecular weight excluding hydrogens is 264 g/mol. The molecule has 0 radical (unpaired) electrons. The number of carbonyl (C=O) groups excluding carboxylic acids is 3. The smallest absolute Gasteiger partial charge is 0.438 e. The Hall–Kier alpha value is -2.03. The van der Waals surface area contributed by atoms with Crippen molar-refractivity contribution < 1.29 is 42.8 Å². The first-order chi connectivity index (χ1) is 9.01. The Balaban J connectivity index is 1.98. The third-order valence-corrected chi connectivity index (χ3v) is 2.55. The van der Waals surface area contributed by atoms with E-state index in [4.69, 9.17) is 23.7 Å². The summed E-state index contributed by atoms with van der Waals surface area (Å²) >= 11 is 0. The van der Waals surface area contributed by atoms with Gasteiger partial charge in [0.1, 0.15) is 12.7 Å². The molecule has 0 aliphatic carbocycles. The minimum Gasteiger partial charge on any atom is -0.438 e. The normalized spacial score (nSPS) is 32.0. The van der Waals surface area contributed by atoms with E-state index in [1.807, 2.05) is 0 Å². The minimum absolute atomic E-state index is 0.220. The minimum atomic E-state index is -1.08. The number of ether oxygens (including phenoxy) is 6. The molecule has 0 aromatic rings. The molecule has 9 nitrogen and oxygen atoms in total. The van der Waals surface area contributed by atoms with Crippen molar-refractivity contribution in [3.05, 3.63) is 0 Å². The van der Waals surface area contributed by atoms with Crippen LogP contribution in [0.4, 0.5) is 9.59 Å². The molecule has 2 heterocycles. The lowest BCUT2D eigenvalue weighted by Crippen LogP contribution is -2.33. The molecule has 0 unspecified atom stereocenters. The molecule has 0 aromatic heterocycles. The number of rotatable bonds is 3. The van der Waals surface area contributed by atoms with Gasteiger partial charge in [-0.05, 0) is 0 Å². The van der Waals surface area contributed by atoms with Crippen molar-refractivity contribution in [1.29, 1.82) is 0 Å². The van der Waals surface area contributed by atoms with Gasteiger partial charge in [-0.25, -0.2) is 9.59 Å². The Morgan fingerprint density at radius 3 is 2.58 bits per heavy atom. The molecule has 0 aromatic carbocycles. The van der Waals surface area contributed by atoms with Crippen LogP contribution in [-0.2, 0) is 33.2 Å². The number of hydrogen-bond donors (Lipinski definition) is 0. The highest BCUT2D eigenvalue weighted by molar-refractivity contribution is 5.67. The predicted molar refractivity (Wildman–Crippen MR) is 53.9 cm³/mol.